The number of hydrogen-bond acceptors (Lipinski definition) is 2. The zero-order chi connectivity index (χ0) is 13.1. The van der Waals surface area contributed by atoms with Gasteiger partial charge in [-0.3, -0.25) is 4.79 Å². The smallest absolute Gasteiger partial charge is 0.253 e. The van der Waals surface area contributed by atoms with Gasteiger partial charge in [0.25, 0.3) is 5.91 Å². The quantitative estimate of drug-likeness (QED) is 0.808. The maximum Gasteiger partial charge on any atom is 0.253 e. The number of carbonyl (C=O) groups is 1. The van der Waals surface area contributed by atoms with Crippen molar-refractivity contribution in [1.82, 2.24) is 5.32 Å². The lowest BCUT2D eigenvalue weighted by Crippen LogP contribution is -2.41. The van der Waals surface area contributed by atoms with E-state index in [9.17, 15) is 4.79 Å². The molecule has 3 nitrogen and oxygen atoms in total. The van der Waals surface area contributed by atoms with Crippen LogP contribution in [0.25, 0.3) is 0 Å². The summed E-state index contributed by atoms with van der Waals surface area (Å²) >= 11 is 6.03. The highest BCUT2D eigenvalue weighted by Crippen LogP contribution is 2.25. The van der Waals surface area contributed by atoms with Gasteiger partial charge in [0.05, 0.1) is 10.6 Å². The standard InChI is InChI=1S/C14H19ClN2O/c1-9-4-2-3-5-13(9)17-14(18)11-8-10(16)6-7-12(11)15/h6-9,13H,2-5,16H2,1H3,(H,17,18)/t9-,13+/m0/s1. The molecular formula is C14H19ClN2O. The van der Waals surface area contributed by atoms with Crippen molar-refractivity contribution in [2.75, 3.05) is 5.73 Å². The Labute approximate surface area is 113 Å². The summed E-state index contributed by atoms with van der Waals surface area (Å²) in [6.45, 7) is 2.19. The maximum absolute atomic E-state index is 12.2. The summed E-state index contributed by atoms with van der Waals surface area (Å²) in [7, 11) is 0. The van der Waals surface area contributed by atoms with E-state index in [-0.39, 0.29) is 11.9 Å². The van der Waals surface area contributed by atoms with E-state index in [1.165, 1.54) is 19.3 Å². The molecule has 3 N–H and O–H groups in total. The molecule has 1 saturated carbocycles. The van der Waals surface area contributed by atoms with Crippen molar-refractivity contribution in [1.29, 1.82) is 0 Å². The highest BCUT2D eigenvalue weighted by molar-refractivity contribution is 6.34. The lowest BCUT2D eigenvalue weighted by molar-refractivity contribution is 0.0910. The van der Waals surface area contributed by atoms with Crippen LogP contribution >= 0.6 is 11.6 Å². The molecule has 1 aromatic carbocycles. The minimum absolute atomic E-state index is 0.119. The predicted octanol–water partition coefficient (Wildman–Crippen LogP) is 3.23. The number of nitrogens with one attached hydrogen (secondary N) is 1. The van der Waals surface area contributed by atoms with Gasteiger partial charge in [-0.15, -0.1) is 0 Å². The first-order valence-electron chi connectivity index (χ1n) is 6.44. The number of nitrogens with two attached hydrogens (primary N) is 1. The first-order chi connectivity index (χ1) is 8.58. The number of hydrogen-bond donors (Lipinski definition) is 2. The van der Waals surface area contributed by atoms with Crippen LogP contribution in [0.1, 0.15) is 43.0 Å². The Hall–Kier alpha value is -1.22. The Morgan fingerprint density at radius 1 is 1.39 bits per heavy atom. The van der Waals surface area contributed by atoms with Crippen LogP contribution in [0.2, 0.25) is 5.02 Å². The second-order valence-electron chi connectivity index (χ2n) is 5.08. The third-order valence-electron chi connectivity index (χ3n) is 3.66. The summed E-state index contributed by atoms with van der Waals surface area (Å²) in [6.07, 6.45) is 4.66. The molecule has 0 unspecified atom stereocenters. The number of carbonyl (C=O) groups excluding carboxylic acids is 1. The van der Waals surface area contributed by atoms with Crippen LogP contribution in [-0.2, 0) is 0 Å². The average Bonchev–Trinajstić information content (AvgIpc) is 2.35. The molecule has 0 bridgehead atoms. The number of nitrogen functional groups attached to an aromatic ring is 1. The summed E-state index contributed by atoms with van der Waals surface area (Å²) < 4.78 is 0. The molecule has 4 heteroatoms. The van der Waals surface area contributed by atoms with Gasteiger partial charge in [-0.2, -0.15) is 0 Å². The lowest BCUT2D eigenvalue weighted by Gasteiger charge is -2.29. The van der Waals surface area contributed by atoms with E-state index in [0.717, 1.165) is 6.42 Å². The molecule has 1 aromatic rings. The Morgan fingerprint density at radius 3 is 2.83 bits per heavy atom. The molecule has 1 aliphatic carbocycles. The second kappa shape index (κ2) is 5.61. The molecule has 0 aliphatic heterocycles. The van der Waals surface area contributed by atoms with Crippen LogP contribution in [0.15, 0.2) is 18.2 Å². The Morgan fingerprint density at radius 2 is 2.11 bits per heavy atom. The third kappa shape index (κ3) is 2.96. The monoisotopic (exact) mass is 266 g/mol. The number of anilines is 1. The normalized spacial score (nSPS) is 23.7. The first-order valence-corrected chi connectivity index (χ1v) is 6.81. The van der Waals surface area contributed by atoms with Crippen LogP contribution in [-0.4, -0.2) is 11.9 Å². The summed E-state index contributed by atoms with van der Waals surface area (Å²) in [5.74, 6) is 0.411. The Bertz CT molecular complexity index is 447. The van der Waals surface area contributed by atoms with Gasteiger partial charge in [0.15, 0.2) is 0 Å². The fourth-order valence-electron chi connectivity index (χ4n) is 2.49. The topological polar surface area (TPSA) is 55.1 Å². The molecule has 1 amide bonds. The zero-order valence-corrected chi connectivity index (χ0v) is 11.3. The van der Waals surface area contributed by atoms with Gasteiger partial charge in [-0.05, 0) is 37.0 Å². The van der Waals surface area contributed by atoms with Crippen molar-refractivity contribution in [3.8, 4) is 0 Å². The molecule has 0 saturated heterocycles. The summed E-state index contributed by atoms with van der Waals surface area (Å²) in [5.41, 5.74) is 6.71. The van der Waals surface area contributed by atoms with Crippen molar-refractivity contribution < 1.29 is 4.79 Å². The van der Waals surface area contributed by atoms with Crippen molar-refractivity contribution in [2.45, 2.75) is 38.6 Å². The fourth-order valence-corrected chi connectivity index (χ4v) is 2.70. The summed E-state index contributed by atoms with van der Waals surface area (Å²) in [4.78, 5) is 12.2. The van der Waals surface area contributed by atoms with Crippen LogP contribution in [0.5, 0.6) is 0 Å². The Kier molecular flexibility index (Phi) is 4.12. The highest BCUT2D eigenvalue weighted by Gasteiger charge is 2.23. The van der Waals surface area contributed by atoms with Crippen LogP contribution in [0.4, 0.5) is 5.69 Å². The minimum atomic E-state index is -0.119. The highest BCUT2D eigenvalue weighted by atomic mass is 35.5. The molecule has 98 valence electrons. The fraction of sp³-hybridized carbons (Fsp3) is 0.500. The van der Waals surface area contributed by atoms with Crippen LogP contribution in [0, 0.1) is 5.92 Å². The van der Waals surface area contributed by atoms with E-state index in [1.54, 1.807) is 18.2 Å². The zero-order valence-electron chi connectivity index (χ0n) is 10.6. The van der Waals surface area contributed by atoms with Gasteiger partial charge in [0.1, 0.15) is 0 Å². The van der Waals surface area contributed by atoms with E-state index >= 15 is 0 Å². The van der Waals surface area contributed by atoms with Crippen molar-refractivity contribution in [3.05, 3.63) is 28.8 Å². The van der Waals surface area contributed by atoms with E-state index < -0.39 is 0 Å². The number of halogens is 1. The summed E-state index contributed by atoms with van der Waals surface area (Å²) in [6, 6.07) is 5.24. The summed E-state index contributed by atoms with van der Waals surface area (Å²) in [5, 5.41) is 3.52. The number of benzene rings is 1. The van der Waals surface area contributed by atoms with E-state index in [0.29, 0.717) is 22.2 Å². The van der Waals surface area contributed by atoms with Crippen molar-refractivity contribution in [3.63, 3.8) is 0 Å². The molecule has 1 aliphatic rings. The van der Waals surface area contributed by atoms with Gasteiger partial charge >= 0.3 is 0 Å². The van der Waals surface area contributed by atoms with Gasteiger partial charge in [-0.1, -0.05) is 31.4 Å². The van der Waals surface area contributed by atoms with E-state index in [4.69, 9.17) is 17.3 Å². The predicted molar refractivity (Wildman–Crippen MR) is 74.8 cm³/mol. The largest absolute Gasteiger partial charge is 0.399 e. The van der Waals surface area contributed by atoms with Gasteiger partial charge in [0, 0.05) is 11.7 Å². The van der Waals surface area contributed by atoms with Gasteiger partial charge in [0.2, 0.25) is 0 Å². The second-order valence-corrected chi connectivity index (χ2v) is 5.49. The van der Waals surface area contributed by atoms with E-state index in [1.807, 2.05) is 0 Å². The van der Waals surface area contributed by atoms with Crippen molar-refractivity contribution in [2.24, 2.45) is 5.92 Å². The molecule has 0 spiro atoms. The molecular weight excluding hydrogens is 248 g/mol. The average molecular weight is 267 g/mol. The van der Waals surface area contributed by atoms with Crippen LogP contribution < -0.4 is 11.1 Å². The number of rotatable bonds is 2. The molecule has 18 heavy (non-hydrogen) atoms. The Balaban J connectivity index is 2.09. The first kappa shape index (κ1) is 13.2. The maximum atomic E-state index is 12.2. The molecule has 2 rings (SSSR count). The van der Waals surface area contributed by atoms with Crippen LogP contribution in [0.3, 0.4) is 0 Å². The molecule has 0 aromatic heterocycles. The SMILES string of the molecule is C[C@H]1CCCC[C@H]1NC(=O)c1cc(N)ccc1Cl. The lowest BCUT2D eigenvalue weighted by atomic mass is 9.86. The van der Waals surface area contributed by atoms with E-state index in [2.05, 4.69) is 12.2 Å². The molecule has 1 fully saturated rings. The minimum Gasteiger partial charge on any atom is -0.399 e. The van der Waals surface area contributed by atoms with Gasteiger partial charge < -0.3 is 11.1 Å². The molecule has 0 radical (unpaired) electrons. The van der Waals surface area contributed by atoms with Crippen molar-refractivity contribution >= 4 is 23.2 Å². The van der Waals surface area contributed by atoms with Gasteiger partial charge in [-0.25, -0.2) is 0 Å². The number of amides is 1. The molecule has 0 heterocycles. The third-order valence-corrected chi connectivity index (χ3v) is 3.99. The molecule has 2 atom stereocenters.